The van der Waals surface area contributed by atoms with Gasteiger partial charge in [-0.2, -0.15) is 13.2 Å². The van der Waals surface area contributed by atoms with Crippen molar-refractivity contribution in [2.24, 2.45) is 5.92 Å². The Kier molecular flexibility index (Phi) is 3.28. The van der Waals surface area contributed by atoms with E-state index in [2.05, 4.69) is 0 Å². The Labute approximate surface area is 97.7 Å². The molecule has 1 aromatic carbocycles. The lowest BCUT2D eigenvalue weighted by Crippen LogP contribution is -2.23. The highest BCUT2D eigenvalue weighted by Gasteiger charge is 2.35. The molecule has 1 saturated heterocycles. The molecule has 2 rings (SSSR count). The average molecular weight is 245 g/mol. The quantitative estimate of drug-likeness (QED) is 0.865. The molecular weight excluding hydrogens is 231 g/mol. The van der Waals surface area contributed by atoms with Gasteiger partial charge in [-0.1, -0.05) is 12.1 Å². The van der Waals surface area contributed by atoms with Crippen molar-refractivity contribution < 1.29 is 18.3 Å². The van der Waals surface area contributed by atoms with Gasteiger partial charge in [-0.3, -0.25) is 0 Å². The van der Waals surface area contributed by atoms with Gasteiger partial charge in [0.1, 0.15) is 0 Å². The molecule has 0 saturated carbocycles. The van der Waals surface area contributed by atoms with Crippen molar-refractivity contribution in [2.75, 3.05) is 24.6 Å². The largest absolute Gasteiger partial charge is 0.418 e. The van der Waals surface area contributed by atoms with Crippen LogP contribution in [0, 0.1) is 5.92 Å². The Bertz CT molecular complexity index is 392. The Balaban J connectivity index is 2.27. The van der Waals surface area contributed by atoms with Crippen molar-refractivity contribution in [3.63, 3.8) is 0 Å². The van der Waals surface area contributed by atoms with E-state index in [9.17, 15) is 13.2 Å². The minimum absolute atomic E-state index is 0.0324. The van der Waals surface area contributed by atoms with E-state index in [-0.39, 0.29) is 18.2 Å². The van der Waals surface area contributed by atoms with Crippen LogP contribution in [0.15, 0.2) is 24.3 Å². The Morgan fingerprint density at radius 2 is 2.00 bits per heavy atom. The van der Waals surface area contributed by atoms with Crippen LogP contribution >= 0.6 is 0 Å². The Hall–Kier alpha value is -1.23. The highest BCUT2D eigenvalue weighted by molar-refractivity contribution is 5.55. The second-order valence-corrected chi connectivity index (χ2v) is 4.30. The zero-order valence-corrected chi connectivity index (χ0v) is 9.24. The number of aliphatic hydroxyl groups excluding tert-OH is 1. The van der Waals surface area contributed by atoms with Crippen molar-refractivity contribution in [1.29, 1.82) is 0 Å². The van der Waals surface area contributed by atoms with Gasteiger partial charge in [-0.15, -0.1) is 0 Å². The Morgan fingerprint density at radius 1 is 1.29 bits per heavy atom. The molecule has 1 N–H and O–H groups in total. The zero-order chi connectivity index (χ0) is 12.5. The molecule has 1 atom stereocenters. The number of anilines is 1. The molecule has 2 nitrogen and oxygen atoms in total. The molecule has 1 heterocycles. The standard InChI is InChI=1S/C12H14F3NO/c13-12(14,15)10-3-1-2-4-11(10)16-6-5-9(7-16)8-17/h1-4,9,17H,5-8H2. The maximum absolute atomic E-state index is 12.8. The van der Waals surface area contributed by atoms with Gasteiger partial charge in [0.2, 0.25) is 0 Å². The summed E-state index contributed by atoms with van der Waals surface area (Å²) in [4.78, 5) is 1.70. The summed E-state index contributed by atoms with van der Waals surface area (Å²) in [5, 5.41) is 9.01. The number of rotatable bonds is 2. The number of para-hydroxylation sites is 1. The third-order valence-corrected chi connectivity index (χ3v) is 3.09. The normalized spacial score (nSPS) is 20.9. The molecule has 1 aromatic rings. The van der Waals surface area contributed by atoms with Crippen molar-refractivity contribution in [3.8, 4) is 0 Å². The average Bonchev–Trinajstić information content (AvgIpc) is 2.76. The number of benzene rings is 1. The summed E-state index contributed by atoms with van der Waals surface area (Å²) in [6.07, 6.45) is -3.59. The van der Waals surface area contributed by atoms with Crippen LogP contribution < -0.4 is 4.90 Å². The van der Waals surface area contributed by atoms with Crippen LogP contribution in [0.5, 0.6) is 0 Å². The van der Waals surface area contributed by atoms with Gasteiger partial charge in [0.25, 0.3) is 0 Å². The van der Waals surface area contributed by atoms with Gasteiger partial charge in [0.15, 0.2) is 0 Å². The molecule has 17 heavy (non-hydrogen) atoms. The summed E-state index contributed by atoms with van der Waals surface area (Å²) in [6.45, 7) is 1.09. The highest BCUT2D eigenvalue weighted by Crippen LogP contribution is 2.37. The van der Waals surface area contributed by atoms with Crippen molar-refractivity contribution >= 4 is 5.69 Å². The van der Waals surface area contributed by atoms with E-state index >= 15 is 0 Å². The van der Waals surface area contributed by atoms with Crippen LogP contribution in [0.3, 0.4) is 0 Å². The van der Waals surface area contributed by atoms with Crippen molar-refractivity contribution in [2.45, 2.75) is 12.6 Å². The zero-order valence-electron chi connectivity index (χ0n) is 9.24. The number of alkyl halides is 3. The number of hydrogen-bond donors (Lipinski definition) is 1. The Morgan fingerprint density at radius 3 is 2.59 bits per heavy atom. The van der Waals surface area contributed by atoms with Gasteiger partial charge in [-0.05, 0) is 18.6 Å². The van der Waals surface area contributed by atoms with E-state index in [1.807, 2.05) is 0 Å². The van der Waals surface area contributed by atoms with E-state index in [1.165, 1.54) is 12.1 Å². The van der Waals surface area contributed by atoms with E-state index in [0.29, 0.717) is 13.1 Å². The predicted octanol–water partition coefficient (Wildman–Crippen LogP) is 2.52. The van der Waals surface area contributed by atoms with Gasteiger partial charge < -0.3 is 10.0 Å². The summed E-state index contributed by atoms with van der Waals surface area (Å²) in [6, 6.07) is 5.59. The van der Waals surface area contributed by atoms with Gasteiger partial charge >= 0.3 is 6.18 Å². The molecule has 0 aliphatic carbocycles. The second-order valence-electron chi connectivity index (χ2n) is 4.30. The van der Waals surface area contributed by atoms with E-state index in [0.717, 1.165) is 12.5 Å². The third-order valence-electron chi connectivity index (χ3n) is 3.09. The fourth-order valence-corrected chi connectivity index (χ4v) is 2.19. The lowest BCUT2D eigenvalue weighted by atomic mass is 10.1. The van der Waals surface area contributed by atoms with E-state index in [4.69, 9.17) is 5.11 Å². The van der Waals surface area contributed by atoms with Crippen LogP contribution in [0.25, 0.3) is 0 Å². The lowest BCUT2D eigenvalue weighted by molar-refractivity contribution is -0.137. The van der Waals surface area contributed by atoms with Gasteiger partial charge in [0.05, 0.1) is 5.56 Å². The SMILES string of the molecule is OCC1CCN(c2ccccc2C(F)(F)F)C1. The molecular formula is C12H14F3NO. The van der Waals surface area contributed by atoms with Crippen molar-refractivity contribution in [3.05, 3.63) is 29.8 Å². The second kappa shape index (κ2) is 4.56. The summed E-state index contributed by atoms with van der Waals surface area (Å²) >= 11 is 0. The first-order chi connectivity index (χ1) is 8.02. The molecule has 5 heteroatoms. The van der Waals surface area contributed by atoms with Gasteiger partial charge in [0, 0.05) is 31.3 Å². The molecule has 1 fully saturated rings. The summed E-state index contributed by atoms with van der Waals surface area (Å²) in [5.74, 6) is 0.0799. The highest BCUT2D eigenvalue weighted by atomic mass is 19.4. The summed E-state index contributed by atoms with van der Waals surface area (Å²) in [5.41, 5.74) is -0.380. The molecule has 1 aliphatic heterocycles. The molecule has 1 unspecified atom stereocenters. The monoisotopic (exact) mass is 245 g/mol. The summed E-state index contributed by atoms with van der Waals surface area (Å²) < 4.78 is 38.4. The molecule has 94 valence electrons. The topological polar surface area (TPSA) is 23.5 Å². The maximum Gasteiger partial charge on any atom is 0.418 e. The fraction of sp³-hybridized carbons (Fsp3) is 0.500. The number of hydrogen-bond acceptors (Lipinski definition) is 2. The van der Waals surface area contributed by atoms with Crippen LogP contribution in [-0.2, 0) is 6.18 Å². The lowest BCUT2D eigenvalue weighted by Gasteiger charge is -2.22. The first-order valence-corrected chi connectivity index (χ1v) is 5.54. The summed E-state index contributed by atoms with van der Waals surface area (Å²) in [7, 11) is 0. The smallest absolute Gasteiger partial charge is 0.396 e. The maximum atomic E-state index is 12.8. The predicted molar refractivity (Wildman–Crippen MR) is 58.8 cm³/mol. The minimum Gasteiger partial charge on any atom is -0.396 e. The molecule has 0 amide bonds. The first kappa shape index (κ1) is 12.2. The number of halogens is 3. The van der Waals surface area contributed by atoms with Gasteiger partial charge in [-0.25, -0.2) is 0 Å². The van der Waals surface area contributed by atoms with E-state index < -0.39 is 11.7 Å². The number of nitrogens with zero attached hydrogens (tertiary/aromatic N) is 1. The first-order valence-electron chi connectivity index (χ1n) is 5.54. The van der Waals surface area contributed by atoms with Crippen LogP contribution in [-0.4, -0.2) is 24.8 Å². The molecule has 1 aliphatic rings. The van der Waals surface area contributed by atoms with Crippen LogP contribution in [0.2, 0.25) is 0 Å². The fourth-order valence-electron chi connectivity index (χ4n) is 2.19. The minimum atomic E-state index is -4.33. The van der Waals surface area contributed by atoms with Crippen LogP contribution in [0.1, 0.15) is 12.0 Å². The number of aliphatic hydroxyl groups is 1. The molecule has 0 radical (unpaired) electrons. The molecule has 0 aromatic heterocycles. The molecule has 0 spiro atoms. The third kappa shape index (κ3) is 2.54. The molecule has 0 bridgehead atoms. The van der Waals surface area contributed by atoms with Crippen molar-refractivity contribution in [1.82, 2.24) is 0 Å². The van der Waals surface area contributed by atoms with Crippen LogP contribution in [0.4, 0.5) is 18.9 Å². The van der Waals surface area contributed by atoms with E-state index in [1.54, 1.807) is 11.0 Å².